The second-order valence-electron chi connectivity index (χ2n) is 8.11. The highest BCUT2D eigenvalue weighted by molar-refractivity contribution is 5.90. The first-order chi connectivity index (χ1) is 14.5. The van der Waals surface area contributed by atoms with E-state index in [1.54, 1.807) is 25.3 Å². The Bertz CT molecular complexity index is 879. The van der Waals surface area contributed by atoms with Crippen LogP contribution in [-0.2, 0) is 4.74 Å². The van der Waals surface area contributed by atoms with E-state index in [9.17, 15) is 9.18 Å². The number of nitrogens with zero attached hydrogens (tertiary/aromatic N) is 1. The molecule has 0 radical (unpaired) electrons. The molecule has 1 saturated carbocycles. The first-order valence-electron chi connectivity index (χ1n) is 10.8. The molecule has 3 rings (SSSR count). The summed E-state index contributed by atoms with van der Waals surface area (Å²) in [5.74, 6) is 0.439. The highest BCUT2D eigenvalue weighted by Crippen LogP contribution is 2.47. The van der Waals surface area contributed by atoms with Crippen LogP contribution in [0.2, 0.25) is 0 Å². The molecule has 0 amide bonds. The molecule has 162 valence electrons. The van der Waals surface area contributed by atoms with Crippen molar-refractivity contribution in [3.05, 3.63) is 53.3 Å². The molecule has 2 aromatic rings. The maximum Gasteiger partial charge on any atom is 0.337 e. The van der Waals surface area contributed by atoms with Crippen LogP contribution in [0.4, 0.5) is 4.39 Å². The van der Waals surface area contributed by atoms with Crippen molar-refractivity contribution >= 4 is 5.97 Å². The van der Waals surface area contributed by atoms with Crippen molar-refractivity contribution in [2.24, 2.45) is 5.92 Å². The summed E-state index contributed by atoms with van der Waals surface area (Å²) in [5, 5.41) is 0. The third kappa shape index (κ3) is 5.01. The van der Waals surface area contributed by atoms with E-state index in [-0.39, 0.29) is 17.8 Å². The fourth-order valence-corrected chi connectivity index (χ4v) is 4.15. The second kappa shape index (κ2) is 10.1. The van der Waals surface area contributed by atoms with Gasteiger partial charge < -0.3 is 9.47 Å². The minimum absolute atomic E-state index is 0.132. The van der Waals surface area contributed by atoms with Crippen molar-refractivity contribution < 1.29 is 18.7 Å². The van der Waals surface area contributed by atoms with Gasteiger partial charge in [0.05, 0.1) is 19.8 Å². The lowest BCUT2D eigenvalue weighted by atomic mass is 9.89. The van der Waals surface area contributed by atoms with E-state index in [1.165, 1.54) is 26.0 Å². The third-order valence-corrected chi connectivity index (χ3v) is 5.91. The molecular weight excluding hydrogens is 381 g/mol. The summed E-state index contributed by atoms with van der Waals surface area (Å²) in [6.45, 7) is 3.17. The quantitative estimate of drug-likeness (QED) is 0.361. The number of hydrogen-bond acceptors (Lipinski definition) is 4. The summed E-state index contributed by atoms with van der Waals surface area (Å²) in [5.41, 5.74) is 2.77. The van der Waals surface area contributed by atoms with E-state index in [1.807, 2.05) is 12.1 Å². The van der Waals surface area contributed by atoms with Gasteiger partial charge in [-0.25, -0.2) is 9.18 Å². The molecule has 1 aliphatic rings. The molecule has 4 nitrogen and oxygen atoms in total. The van der Waals surface area contributed by atoms with Crippen LogP contribution in [0.15, 0.2) is 36.4 Å². The Kier molecular flexibility index (Phi) is 7.48. The van der Waals surface area contributed by atoms with Gasteiger partial charge >= 0.3 is 5.97 Å². The monoisotopic (exact) mass is 413 g/mol. The number of benzene rings is 2. The third-order valence-electron chi connectivity index (χ3n) is 5.91. The van der Waals surface area contributed by atoms with Gasteiger partial charge in [-0.1, -0.05) is 25.8 Å². The van der Waals surface area contributed by atoms with Crippen LogP contribution in [0.1, 0.15) is 61.0 Å². The topological polar surface area (TPSA) is 38.8 Å². The molecule has 0 N–H and O–H groups in total. The average molecular weight is 414 g/mol. The van der Waals surface area contributed by atoms with Crippen molar-refractivity contribution in [3.63, 3.8) is 0 Å². The molecule has 0 spiro atoms. The van der Waals surface area contributed by atoms with Crippen LogP contribution in [0.3, 0.4) is 0 Å². The van der Waals surface area contributed by atoms with E-state index in [4.69, 9.17) is 9.47 Å². The Balaban J connectivity index is 2.10. The maximum absolute atomic E-state index is 14.9. The number of hydrogen-bond donors (Lipinski definition) is 0. The van der Waals surface area contributed by atoms with Gasteiger partial charge in [0, 0.05) is 11.6 Å². The molecule has 5 heteroatoms. The van der Waals surface area contributed by atoms with Gasteiger partial charge in [-0.05, 0) is 80.2 Å². The molecule has 0 aliphatic heterocycles. The SMILES string of the molecule is CCCCCN(C)C(c1cc(C(=O)OC)ccc1-c1cc(OC)ccc1F)C1CC1. The smallest absolute Gasteiger partial charge is 0.337 e. The molecule has 0 bridgehead atoms. The number of ether oxygens (including phenoxy) is 2. The van der Waals surface area contributed by atoms with Crippen molar-refractivity contribution in [2.45, 2.75) is 45.1 Å². The molecule has 1 fully saturated rings. The first-order valence-corrected chi connectivity index (χ1v) is 10.8. The molecule has 2 aromatic carbocycles. The molecule has 0 heterocycles. The van der Waals surface area contributed by atoms with Gasteiger partial charge in [0.25, 0.3) is 0 Å². The summed E-state index contributed by atoms with van der Waals surface area (Å²) in [7, 11) is 5.09. The van der Waals surface area contributed by atoms with E-state index in [0.717, 1.165) is 36.9 Å². The number of esters is 1. The molecule has 30 heavy (non-hydrogen) atoms. The number of halogens is 1. The summed E-state index contributed by atoms with van der Waals surface area (Å²) in [6.07, 6.45) is 5.76. The Hall–Kier alpha value is -2.40. The fourth-order valence-electron chi connectivity index (χ4n) is 4.15. The normalized spacial score (nSPS) is 14.6. The lowest BCUT2D eigenvalue weighted by molar-refractivity contribution is 0.0600. The predicted molar refractivity (Wildman–Crippen MR) is 117 cm³/mol. The van der Waals surface area contributed by atoms with Crippen LogP contribution in [0.25, 0.3) is 11.1 Å². The zero-order valence-corrected chi connectivity index (χ0v) is 18.4. The standard InChI is InChI=1S/C25H32FNO3/c1-5-6-7-14-27(2)24(17-8-9-17)22-15-18(25(28)30-4)10-12-20(22)21-16-19(29-3)11-13-23(21)26/h10-13,15-17,24H,5-9,14H2,1-4H3. The molecule has 0 saturated heterocycles. The van der Waals surface area contributed by atoms with E-state index in [0.29, 0.717) is 22.8 Å². The molecule has 1 unspecified atom stereocenters. The number of rotatable bonds is 10. The van der Waals surface area contributed by atoms with Gasteiger partial charge in [0.1, 0.15) is 11.6 Å². The Morgan fingerprint density at radius 2 is 1.90 bits per heavy atom. The fraction of sp³-hybridized carbons (Fsp3) is 0.480. The molecule has 1 aliphatic carbocycles. The van der Waals surface area contributed by atoms with Crippen LogP contribution >= 0.6 is 0 Å². The van der Waals surface area contributed by atoms with Gasteiger partial charge in [0.15, 0.2) is 0 Å². The predicted octanol–water partition coefficient (Wildman–Crippen LogP) is 5.86. The summed E-state index contributed by atoms with van der Waals surface area (Å²) >= 11 is 0. The van der Waals surface area contributed by atoms with E-state index < -0.39 is 0 Å². The van der Waals surface area contributed by atoms with Crippen LogP contribution in [0, 0.1) is 11.7 Å². The Morgan fingerprint density at radius 1 is 1.13 bits per heavy atom. The molecule has 0 aromatic heterocycles. The average Bonchev–Trinajstić information content (AvgIpc) is 3.59. The number of unbranched alkanes of at least 4 members (excludes halogenated alkanes) is 2. The molecule has 1 atom stereocenters. The zero-order chi connectivity index (χ0) is 21.7. The minimum Gasteiger partial charge on any atom is -0.497 e. The summed E-state index contributed by atoms with van der Waals surface area (Å²) < 4.78 is 25.1. The highest BCUT2D eigenvalue weighted by Gasteiger charge is 2.36. The van der Waals surface area contributed by atoms with Crippen molar-refractivity contribution in [1.82, 2.24) is 4.90 Å². The number of methoxy groups -OCH3 is 2. The number of carbonyl (C=O) groups excluding carboxylic acids is 1. The highest BCUT2D eigenvalue weighted by atomic mass is 19.1. The van der Waals surface area contributed by atoms with Gasteiger partial charge in [-0.15, -0.1) is 0 Å². The van der Waals surface area contributed by atoms with E-state index in [2.05, 4.69) is 18.9 Å². The zero-order valence-electron chi connectivity index (χ0n) is 18.4. The van der Waals surface area contributed by atoms with Gasteiger partial charge in [-0.2, -0.15) is 0 Å². The van der Waals surface area contributed by atoms with Crippen molar-refractivity contribution in [2.75, 3.05) is 27.8 Å². The van der Waals surface area contributed by atoms with Crippen LogP contribution < -0.4 is 4.74 Å². The lowest BCUT2D eigenvalue weighted by Gasteiger charge is -2.31. The molecular formula is C25H32FNO3. The second-order valence-corrected chi connectivity index (χ2v) is 8.11. The van der Waals surface area contributed by atoms with Crippen molar-refractivity contribution in [3.8, 4) is 16.9 Å². The van der Waals surface area contributed by atoms with Crippen LogP contribution in [0.5, 0.6) is 5.75 Å². The minimum atomic E-state index is -0.378. The maximum atomic E-state index is 14.9. The van der Waals surface area contributed by atoms with E-state index >= 15 is 0 Å². The van der Waals surface area contributed by atoms with Crippen LogP contribution in [-0.4, -0.2) is 38.7 Å². The largest absolute Gasteiger partial charge is 0.497 e. The summed E-state index contributed by atoms with van der Waals surface area (Å²) in [4.78, 5) is 14.6. The Labute approximate surface area is 179 Å². The Morgan fingerprint density at radius 3 is 2.53 bits per heavy atom. The summed E-state index contributed by atoms with van der Waals surface area (Å²) in [6, 6.07) is 10.4. The van der Waals surface area contributed by atoms with Gasteiger partial charge in [0.2, 0.25) is 0 Å². The lowest BCUT2D eigenvalue weighted by Crippen LogP contribution is -2.28. The number of carbonyl (C=O) groups is 1. The van der Waals surface area contributed by atoms with Gasteiger partial charge in [-0.3, -0.25) is 4.90 Å². The first kappa shape index (κ1) is 22.3. The van der Waals surface area contributed by atoms with Crippen molar-refractivity contribution in [1.29, 1.82) is 0 Å².